The van der Waals surface area contributed by atoms with Gasteiger partial charge in [0.2, 0.25) is 0 Å². The first-order chi connectivity index (χ1) is 5.79. The normalized spacial score (nSPS) is 17.8. The molecule has 1 aliphatic rings. The zero-order valence-electron chi connectivity index (χ0n) is 8.31. The van der Waals surface area contributed by atoms with E-state index < -0.39 is 0 Å². The molecule has 0 saturated heterocycles. The molecule has 1 rings (SSSR count). The molecule has 0 amide bonds. The third-order valence-corrected chi connectivity index (χ3v) is 2.23. The van der Waals surface area contributed by atoms with Crippen molar-refractivity contribution < 1.29 is 4.74 Å². The van der Waals surface area contributed by atoms with Crippen molar-refractivity contribution in [3.05, 3.63) is 11.8 Å². The standard InChI is InChI=1S/C11H20O/c1-10(2)8-9-12-11-6-4-3-5-7-11/h6,10H,3-5,7-9H2,1-2H3. The Bertz CT molecular complexity index is 147. The van der Waals surface area contributed by atoms with Crippen molar-refractivity contribution in [2.75, 3.05) is 6.61 Å². The Hall–Kier alpha value is -0.460. The topological polar surface area (TPSA) is 9.23 Å². The molecule has 0 unspecified atom stereocenters. The Labute approximate surface area is 75.8 Å². The fourth-order valence-electron chi connectivity index (χ4n) is 1.37. The lowest BCUT2D eigenvalue weighted by Crippen LogP contribution is -2.01. The van der Waals surface area contributed by atoms with Gasteiger partial charge < -0.3 is 4.74 Å². The highest BCUT2D eigenvalue weighted by atomic mass is 16.5. The van der Waals surface area contributed by atoms with Crippen molar-refractivity contribution in [2.45, 2.75) is 46.0 Å². The third kappa shape index (κ3) is 3.80. The van der Waals surface area contributed by atoms with Gasteiger partial charge in [0, 0.05) is 6.42 Å². The van der Waals surface area contributed by atoms with Crippen LogP contribution in [0, 0.1) is 5.92 Å². The van der Waals surface area contributed by atoms with E-state index in [0.29, 0.717) is 0 Å². The van der Waals surface area contributed by atoms with E-state index in [-0.39, 0.29) is 0 Å². The van der Waals surface area contributed by atoms with Crippen LogP contribution in [0.15, 0.2) is 11.8 Å². The highest BCUT2D eigenvalue weighted by molar-refractivity contribution is 4.96. The molecule has 0 heterocycles. The summed E-state index contributed by atoms with van der Waals surface area (Å²) < 4.78 is 5.65. The van der Waals surface area contributed by atoms with Gasteiger partial charge in [-0.2, -0.15) is 0 Å². The van der Waals surface area contributed by atoms with E-state index in [2.05, 4.69) is 19.9 Å². The summed E-state index contributed by atoms with van der Waals surface area (Å²) in [6, 6.07) is 0. The fourth-order valence-corrected chi connectivity index (χ4v) is 1.37. The largest absolute Gasteiger partial charge is 0.498 e. The molecular formula is C11H20O. The summed E-state index contributed by atoms with van der Waals surface area (Å²) in [7, 11) is 0. The van der Waals surface area contributed by atoms with Crippen LogP contribution in [-0.4, -0.2) is 6.61 Å². The summed E-state index contributed by atoms with van der Waals surface area (Å²) >= 11 is 0. The van der Waals surface area contributed by atoms with Crippen molar-refractivity contribution in [2.24, 2.45) is 5.92 Å². The molecule has 1 heteroatoms. The summed E-state index contributed by atoms with van der Waals surface area (Å²) in [6.07, 6.45) is 8.47. The van der Waals surface area contributed by atoms with E-state index in [9.17, 15) is 0 Å². The molecule has 0 fully saturated rings. The lowest BCUT2D eigenvalue weighted by molar-refractivity contribution is 0.181. The van der Waals surface area contributed by atoms with Crippen molar-refractivity contribution in [1.82, 2.24) is 0 Å². The molecule has 0 aromatic heterocycles. The minimum absolute atomic E-state index is 0.759. The fraction of sp³-hybridized carbons (Fsp3) is 0.818. The van der Waals surface area contributed by atoms with Crippen molar-refractivity contribution >= 4 is 0 Å². The van der Waals surface area contributed by atoms with Gasteiger partial charge in [-0.1, -0.05) is 13.8 Å². The number of ether oxygens (including phenoxy) is 1. The van der Waals surface area contributed by atoms with Crippen LogP contribution in [0.1, 0.15) is 46.0 Å². The maximum atomic E-state index is 5.65. The van der Waals surface area contributed by atoms with Crippen LogP contribution in [0.2, 0.25) is 0 Å². The van der Waals surface area contributed by atoms with Crippen LogP contribution >= 0.6 is 0 Å². The zero-order valence-corrected chi connectivity index (χ0v) is 8.31. The maximum absolute atomic E-state index is 5.65. The average Bonchev–Trinajstić information content (AvgIpc) is 2.05. The van der Waals surface area contributed by atoms with Gasteiger partial charge in [-0.3, -0.25) is 0 Å². The molecule has 0 saturated carbocycles. The molecule has 0 aromatic carbocycles. The third-order valence-electron chi connectivity index (χ3n) is 2.23. The average molecular weight is 168 g/mol. The Morgan fingerprint density at radius 1 is 1.42 bits per heavy atom. The molecule has 0 radical (unpaired) electrons. The molecule has 70 valence electrons. The van der Waals surface area contributed by atoms with E-state index in [4.69, 9.17) is 4.74 Å². The maximum Gasteiger partial charge on any atom is 0.0919 e. The van der Waals surface area contributed by atoms with Crippen LogP contribution in [0.5, 0.6) is 0 Å². The summed E-state index contributed by atoms with van der Waals surface area (Å²) in [5, 5.41) is 0. The van der Waals surface area contributed by atoms with Gasteiger partial charge in [0.25, 0.3) is 0 Å². The SMILES string of the molecule is CC(C)CCOC1=CCCCC1. The van der Waals surface area contributed by atoms with Crippen molar-refractivity contribution in [1.29, 1.82) is 0 Å². The summed E-state index contributed by atoms with van der Waals surface area (Å²) in [6.45, 7) is 5.38. The van der Waals surface area contributed by atoms with Gasteiger partial charge in [0.05, 0.1) is 12.4 Å². The molecule has 0 N–H and O–H groups in total. The Morgan fingerprint density at radius 3 is 2.83 bits per heavy atom. The molecular weight excluding hydrogens is 148 g/mol. The highest BCUT2D eigenvalue weighted by Crippen LogP contribution is 2.18. The van der Waals surface area contributed by atoms with Crippen LogP contribution in [-0.2, 0) is 4.74 Å². The second-order valence-corrected chi connectivity index (χ2v) is 3.95. The van der Waals surface area contributed by atoms with E-state index in [1.54, 1.807) is 0 Å². The van der Waals surface area contributed by atoms with E-state index >= 15 is 0 Å². The lowest BCUT2D eigenvalue weighted by atomic mass is 10.1. The second kappa shape index (κ2) is 5.23. The summed E-state index contributed by atoms with van der Waals surface area (Å²) in [5.74, 6) is 2.00. The predicted octanol–water partition coefficient (Wildman–Crippen LogP) is 3.51. The molecule has 1 aliphatic carbocycles. The van der Waals surface area contributed by atoms with E-state index in [0.717, 1.165) is 18.9 Å². The number of allylic oxidation sites excluding steroid dienone is 2. The quantitative estimate of drug-likeness (QED) is 0.624. The minimum atomic E-state index is 0.759. The van der Waals surface area contributed by atoms with E-state index in [1.165, 1.54) is 31.4 Å². The van der Waals surface area contributed by atoms with Gasteiger partial charge in [0.15, 0.2) is 0 Å². The molecule has 0 atom stereocenters. The van der Waals surface area contributed by atoms with Crippen LogP contribution in [0.3, 0.4) is 0 Å². The van der Waals surface area contributed by atoms with Crippen LogP contribution in [0.4, 0.5) is 0 Å². The first-order valence-electron chi connectivity index (χ1n) is 5.11. The van der Waals surface area contributed by atoms with Gasteiger partial charge in [-0.05, 0) is 37.7 Å². The lowest BCUT2D eigenvalue weighted by Gasteiger charge is -2.14. The molecule has 1 nitrogen and oxygen atoms in total. The minimum Gasteiger partial charge on any atom is -0.498 e. The van der Waals surface area contributed by atoms with Gasteiger partial charge in [-0.25, -0.2) is 0 Å². The highest BCUT2D eigenvalue weighted by Gasteiger charge is 2.04. The number of hydrogen-bond acceptors (Lipinski definition) is 1. The van der Waals surface area contributed by atoms with Crippen molar-refractivity contribution in [3.63, 3.8) is 0 Å². The van der Waals surface area contributed by atoms with E-state index in [1.807, 2.05) is 0 Å². The molecule has 12 heavy (non-hydrogen) atoms. The Balaban J connectivity index is 2.09. The number of rotatable bonds is 4. The smallest absolute Gasteiger partial charge is 0.0919 e. The van der Waals surface area contributed by atoms with Gasteiger partial charge in [0.1, 0.15) is 0 Å². The summed E-state index contributed by atoms with van der Waals surface area (Å²) in [5.41, 5.74) is 0. The first kappa shape index (κ1) is 9.63. The molecule has 0 bridgehead atoms. The Kier molecular flexibility index (Phi) is 4.20. The Morgan fingerprint density at radius 2 is 2.25 bits per heavy atom. The predicted molar refractivity (Wildman–Crippen MR) is 52.0 cm³/mol. The zero-order chi connectivity index (χ0) is 8.81. The van der Waals surface area contributed by atoms with Gasteiger partial charge in [-0.15, -0.1) is 0 Å². The van der Waals surface area contributed by atoms with Crippen LogP contribution < -0.4 is 0 Å². The molecule has 0 aliphatic heterocycles. The number of hydrogen-bond donors (Lipinski definition) is 0. The van der Waals surface area contributed by atoms with Crippen molar-refractivity contribution in [3.8, 4) is 0 Å². The monoisotopic (exact) mass is 168 g/mol. The molecule has 0 spiro atoms. The molecule has 0 aromatic rings. The second-order valence-electron chi connectivity index (χ2n) is 3.95. The van der Waals surface area contributed by atoms with Gasteiger partial charge >= 0.3 is 0 Å². The summed E-state index contributed by atoms with van der Waals surface area (Å²) in [4.78, 5) is 0. The van der Waals surface area contributed by atoms with Crippen LogP contribution in [0.25, 0.3) is 0 Å². The first-order valence-corrected chi connectivity index (χ1v) is 5.11.